The number of likely N-dealkylation sites (N-methyl/N-ethyl adjacent to an activating group) is 1. The van der Waals surface area contributed by atoms with Crippen LogP contribution in [-0.2, 0) is 16.3 Å². The molecule has 2 heterocycles. The highest BCUT2D eigenvalue weighted by Gasteiger charge is 2.48. The van der Waals surface area contributed by atoms with Gasteiger partial charge in [-0.3, -0.25) is 9.69 Å². The summed E-state index contributed by atoms with van der Waals surface area (Å²) in [7, 11) is 1.51. The monoisotopic (exact) mass is 482 g/mol. The van der Waals surface area contributed by atoms with Crippen LogP contribution >= 0.6 is 11.3 Å². The molecule has 0 unspecified atom stereocenters. The van der Waals surface area contributed by atoms with Crippen molar-refractivity contribution in [2.24, 2.45) is 10.7 Å². The van der Waals surface area contributed by atoms with Crippen molar-refractivity contribution < 1.29 is 18.0 Å². The lowest BCUT2D eigenvalue weighted by molar-refractivity contribution is -0.130. The van der Waals surface area contributed by atoms with E-state index in [1.165, 1.54) is 53.6 Å². The van der Waals surface area contributed by atoms with Crippen molar-refractivity contribution >= 4 is 23.2 Å². The third kappa shape index (κ3) is 4.05. The lowest BCUT2D eigenvalue weighted by atomic mass is 9.77. The molecule has 174 valence electrons. The van der Waals surface area contributed by atoms with Gasteiger partial charge >= 0.3 is 0 Å². The number of hydrogen-bond donors (Lipinski definition) is 1. The largest absolute Gasteiger partial charge is 0.369 e. The van der Waals surface area contributed by atoms with Crippen molar-refractivity contribution in [3.63, 3.8) is 0 Å². The van der Waals surface area contributed by atoms with Crippen LogP contribution in [0.2, 0.25) is 0 Å². The molecule has 0 saturated heterocycles. The van der Waals surface area contributed by atoms with Crippen LogP contribution in [0.4, 0.5) is 13.2 Å². The molecule has 1 aromatic heterocycles. The minimum atomic E-state index is -3.01. The SMILES string of the molecule is CN1C(=O)[C@H](c2ccc(C(C)(F)F)cc2)[C@@](C)(c2cc(-c3cc(F)cc(C#N)c3)cs2)N=C1N. The topological polar surface area (TPSA) is 82.5 Å². The van der Waals surface area contributed by atoms with E-state index in [2.05, 4.69) is 4.99 Å². The van der Waals surface area contributed by atoms with E-state index in [1.807, 2.05) is 6.07 Å². The molecule has 0 bridgehead atoms. The Morgan fingerprint density at radius 3 is 2.47 bits per heavy atom. The average Bonchev–Trinajstić information content (AvgIpc) is 3.28. The zero-order valence-corrected chi connectivity index (χ0v) is 19.5. The van der Waals surface area contributed by atoms with Gasteiger partial charge in [0.05, 0.1) is 17.6 Å². The fourth-order valence-corrected chi connectivity index (χ4v) is 5.19. The number of benzene rings is 2. The summed E-state index contributed by atoms with van der Waals surface area (Å²) in [4.78, 5) is 19.9. The fraction of sp³-hybridized carbons (Fsp3) is 0.240. The van der Waals surface area contributed by atoms with E-state index in [-0.39, 0.29) is 23.0 Å². The van der Waals surface area contributed by atoms with Crippen molar-refractivity contribution in [2.45, 2.75) is 31.2 Å². The molecule has 2 aromatic carbocycles. The van der Waals surface area contributed by atoms with Crippen LogP contribution < -0.4 is 5.73 Å². The van der Waals surface area contributed by atoms with E-state index in [0.717, 1.165) is 13.0 Å². The van der Waals surface area contributed by atoms with Crippen LogP contribution in [0.25, 0.3) is 11.1 Å². The number of thiophene rings is 1. The Bertz CT molecular complexity index is 1340. The van der Waals surface area contributed by atoms with E-state index in [9.17, 15) is 18.0 Å². The number of aliphatic imine (C=N–C) groups is 1. The van der Waals surface area contributed by atoms with Gasteiger partial charge < -0.3 is 5.73 Å². The lowest BCUT2D eigenvalue weighted by Gasteiger charge is -2.40. The maximum absolute atomic E-state index is 14.0. The summed E-state index contributed by atoms with van der Waals surface area (Å²) in [5, 5.41) is 11.0. The second-order valence-electron chi connectivity index (χ2n) is 8.50. The minimum Gasteiger partial charge on any atom is -0.369 e. The Balaban J connectivity index is 1.82. The van der Waals surface area contributed by atoms with E-state index in [1.54, 1.807) is 24.4 Å². The lowest BCUT2D eigenvalue weighted by Crippen LogP contribution is -2.52. The molecule has 2 atom stereocenters. The highest BCUT2D eigenvalue weighted by molar-refractivity contribution is 7.10. The Labute approximate surface area is 199 Å². The first kappa shape index (κ1) is 23.5. The van der Waals surface area contributed by atoms with Gasteiger partial charge in [0, 0.05) is 24.4 Å². The van der Waals surface area contributed by atoms with Crippen molar-refractivity contribution in [2.75, 3.05) is 7.05 Å². The molecule has 1 aliphatic heterocycles. The van der Waals surface area contributed by atoms with E-state index >= 15 is 0 Å². The summed E-state index contributed by atoms with van der Waals surface area (Å²) >= 11 is 1.32. The number of carbonyl (C=O) groups excluding carboxylic acids is 1. The van der Waals surface area contributed by atoms with Gasteiger partial charge in [-0.15, -0.1) is 11.3 Å². The van der Waals surface area contributed by atoms with Gasteiger partial charge in [0.1, 0.15) is 11.4 Å². The van der Waals surface area contributed by atoms with Crippen molar-refractivity contribution in [3.05, 3.63) is 81.3 Å². The molecule has 4 rings (SSSR count). The second-order valence-corrected chi connectivity index (χ2v) is 9.41. The molecule has 0 aliphatic carbocycles. The highest BCUT2D eigenvalue weighted by atomic mass is 32.1. The van der Waals surface area contributed by atoms with Crippen molar-refractivity contribution in [3.8, 4) is 17.2 Å². The third-order valence-corrected chi connectivity index (χ3v) is 7.20. The minimum absolute atomic E-state index is 0.0351. The Kier molecular flexibility index (Phi) is 5.74. The smallest absolute Gasteiger partial charge is 0.270 e. The van der Waals surface area contributed by atoms with Gasteiger partial charge in [-0.25, -0.2) is 18.2 Å². The molecule has 1 aliphatic rings. The first-order valence-corrected chi connectivity index (χ1v) is 11.2. The van der Waals surface area contributed by atoms with E-state index in [0.29, 0.717) is 21.6 Å². The third-order valence-electron chi connectivity index (χ3n) is 6.04. The summed E-state index contributed by atoms with van der Waals surface area (Å²) in [6.07, 6.45) is 0. The van der Waals surface area contributed by atoms with Gasteiger partial charge in [0.25, 0.3) is 5.92 Å². The molecule has 0 saturated carbocycles. The van der Waals surface area contributed by atoms with Gasteiger partial charge in [-0.1, -0.05) is 24.3 Å². The standard InChI is InChI=1S/C25H21F3N4OS/c1-24(20-11-17(13-34-20)16-8-14(12-29)9-19(26)10-16)21(22(33)32(3)23(30)31-24)15-4-6-18(7-5-15)25(2,27)28/h4-11,13,21H,1-3H3,(H2,30,31)/t21-,24+/m0/s1. The molecular weight excluding hydrogens is 461 g/mol. The fourth-order valence-electron chi connectivity index (χ4n) is 4.13. The number of nitriles is 1. The van der Waals surface area contributed by atoms with Gasteiger partial charge in [-0.2, -0.15) is 5.26 Å². The van der Waals surface area contributed by atoms with Crippen LogP contribution in [0.5, 0.6) is 0 Å². The van der Waals surface area contributed by atoms with Crippen LogP contribution in [0.15, 0.2) is 58.9 Å². The number of hydrogen-bond acceptors (Lipinski definition) is 5. The number of alkyl halides is 2. The first-order chi connectivity index (χ1) is 15.9. The van der Waals surface area contributed by atoms with Gasteiger partial charge in [0.2, 0.25) is 5.91 Å². The molecular formula is C25H21F3N4OS. The summed E-state index contributed by atoms with van der Waals surface area (Å²) < 4.78 is 41.4. The predicted molar refractivity (Wildman–Crippen MR) is 125 cm³/mol. The number of amides is 1. The molecule has 2 N–H and O–H groups in total. The number of guanidine groups is 1. The zero-order valence-electron chi connectivity index (χ0n) is 18.6. The molecule has 34 heavy (non-hydrogen) atoms. The molecule has 5 nitrogen and oxygen atoms in total. The number of carbonyl (C=O) groups is 1. The highest BCUT2D eigenvalue weighted by Crippen LogP contribution is 2.47. The Hall–Kier alpha value is -3.64. The van der Waals surface area contributed by atoms with Crippen molar-refractivity contribution in [1.82, 2.24) is 4.90 Å². The van der Waals surface area contributed by atoms with E-state index in [4.69, 9.17) is 11.0 Å². The molecule has 3 aromatic rings. The first-order valence-electron chi connectivity index (χ1n) is 10.4. The van der Waals surface area contributed by atoms with E-state index < -0.39 is 23.2 Å². The van der Waals surface area contributed by atoms with Crippen LogP contribution in [0.1, 0.15) is 41.3 Å². The summed E-state index contributed by atoms with van der Waals surface area (Å²) in [6, 6.07) is 13.4. The molecule has 9 heteroatoms. The second kappa shape index (κ2) is 8.29. The number of rotatable bonds is 4. The Morgan fingerprint density at radius 2 is 1.85 bits per heavy atom. The number of nitrogens with zero attached hydrogens (tertiary/aromatic N) is 3. The van der Waals surface area contributed by atoms with Gasteiger partial charge in [0.15, 0.2) is 5.96 Å². The maximum Gasteiger partial charge on any atom is 0.270 e. The quantitative estimate of drug-likeness (QED) is 0.546. The summed E-state index contributed by atoms with van der Waals surface area (Å²) in [5.41, 5.74) is 6.67. The average molecular weight is 483 g/mol. The normalized spacial score (nSPS) is 20.7. The molecule has 0 radical (unpaired) electrons. The molecule has 1 amide bonds. The van der Waals surface area contributed by atoms with Gasteiger partial charge in [-0.05, 0) is 53.3 Å². The Morgan fingerprint density at radius 1 is 1.18 bits per heavy atom. The van der Waals surface area contributed by atoms with Crippen LogP contribution in [-0.4, -0.2) is 23.8 Å². The van der Waals surface area contributed by atoms with Crippen LogP contribution in [0.3, 0.4) is 0 Å². The predicted octanol–water partition coefficient (Wildman–Crippen LogP) is 5.32. The van der Waals surface area contributed by atoms with Crippen molar-refractivity contribution in [1.29, 1.82) is 5.26 Å². The zero-order chi connectivity index (χ0) is 24.8. The molecule has 0 fully saturated rings. The number of nitrogens with two attached hydrogens (primary N) is 1. The number of halogens is 3. The summed E-state index contributed by atoms with van der Waals surface area (Å²) in [6.45, 7) is 2.58. The molecule has 0 spiro atoms. The summed E-state index contributed by atoms with van der Waals surface area (Å²) in [5.74, 6) is -4.65. The maximum atomic E-state index is 14.0. The van der Waals surface area contributed by atoms with Crippen LogP contribution in [0, 0.1) is 17.1 Å².